The summed E-state index contributed by atoms with van der Waals surface area (Å²) in [7, 11) is -3.26. The van der Waals surface area contributed by atoms with E-state index in [2.05, 4.69) is 11.4 Å². The lowest BCUT2D eigenvalue weighted by Gasteiger charge is -2.36. The van der Waals surface area contributed by atoms with E-state index in [9.17, 15) is 23.3 Å². The van der Waals surface area contributed by atoms with Crippen molar-refractivity contribution < 1.29 is 18.0 Å². The summed E-state index contributed by atoms with van der Waals surface area (Å²) in [6.45, 7) is 0.956. The van der Waals surface area contributed by atoms with Crippen molar-refractivity contribution in [3.05, 3.63) is 29.3 Å². The molecule has 1 N–H and O–H groups in total. The maximum Gasteiger partial charge on any atom is 0.226 e. The van der Waals surface area contributed by atoms with Gasteiger partial charge < -0.3 is 10.2 Å². The van der Waals surface area contributed by atoms with Gasteiger partial charge in [0, 0.05) is 31.2 Å². The van der Waals surface area contributed by atoms with Crippen LogP contribution in [-0.4, -0.2) is 43.5 Å². The summed E-state index contributed by atoms with van der Waals surface area (Å²) >= 11 is 0. The van der Waals surface area contributed by atoms with Crippen LogP contribution in [0, 0.1) is 23.2 Å². The molecule has 1 aromatic rings. The summed E-state index contributed by atoms with van der Waals surface area (Å²) < 4.78 is 23.6. The van der Waals surface area contributed by atoms with Crippen LogP contribution in [0.25, 0.3) is 0 Å². The standard InChI is InChI=1S/C22H27N3O4S/c1-30(28,29)17-7-6-16-13-25(11-8-15(16)12-17)21(27)19-5-3-2-4-18(19)20(26)24-22(14-23)9-10-22/h6-7,12,18-19H,2-5,8-11,13H2,1H3,(H,24,26). The Balaban J connectivity index is 1.48. The summed E-state index contributed by atoms with van der Waals surface area (Å²) in [4.78, 5) is 28.3. The molecule has 0 bridgehead atoms. The molecule has 0 saturated heterocycles. The zero-order valence-electron chi connectivity index (χ0n) is 17.2. The Morgan fingerprint density at radius 1 is 1.17 bits per heavy atom. The molecule has 1 aromatic carbocycles. The molecule has 30 heavy (non-hydrogen) atoms. The summed E-state index contributed by atoms with van der Waals surface area (Å²) in [6.07, 6.45) is 6.35. The number of carbonyl (C=O) groups is 2. The number of rotatable bonds is 4. The van der Waals surface area contributed by atoms with Crippen molar-refractivity contribution in [2.75, 3.05) is 12.8 Å². The molecule has 4 rings (SSSR count). The van der Waals surface area contributed by atoms with Gasteiger partial charge in [0.1, 0.15) is 5.54 Å². The molecule has 7 nitrogen and oxygen atoms in total. The molecule has 1 heterocycles. The third-order valence-electron chi connectivity index (χ3n) is 6.68. The molecule has 160 valence electrons. The average Bonchev–Trinajstić information content (AvgIpc) is 3.51. The number of carbonyl (C=O) groups excluding carboxylic acids is 2. The molecule has 3 aliphatic rings. The van der Waals surface area contributed by atoms with Crippen molar-refractivity contribution in [3.63, 3.8) is 0 Å². The van der Waals surface area contributed by atoms with Crippen molar-refractivity contribution >= 4 is 21.7 Å². The fraction of sp³-hybridized carbons (Fsp3) is 0.591. The third-order valence-corrected chi connectivity index (χ3v) is 7.79. The molecule has 0 spiro atoms. The normalized spacial score (nSPS) is 25.0. The van der Waals surface area contributed by atoms with Gasteiger partial charge in [-0.05, 0) is 55.4 Å². The second-order valence-electron chi connectivity index (χ2n) is 8.89. The number of benzene rings is 1. The van der Waals surface area contributed by atoms with Crippen molar-refractivity contribution in [1.29, 1.82) is 5.26 Å². The van der Waals surface area contributed by atoms with Gasteiger partial charge >= 0.3 is 0 Å². The zero-order chi connectivity index (χ0) is 21.5. The summed E-state index contributed by atoms with van der Waals surface area (Å²) in [6, 6.07) is 7.28. The van der Waals surface area contributed by atoms with Crippen LogP contribution in [0.5, 0.6) is 0 Å². The second-order valence-corrected chi connectivity index (χ2v) is 10.9. The van der Waals surface area contributed by atoms with Gasteiger partial charge in [-0.2, -0.15) is 5.26 Å². The van der Waals surface area contributed by atoms with E-state index in [1.54, 1.807) is 23.1 Å². The lowest BCUT2D eigenvalue weighted by atomic mass is 9.77. The zero-order valence-corrected chi connectivity index (χ0v) is 18.0. The van der Waals surface area contributed by atoms with Crippen LogP contribution in [0.3, 0.4) is 0 Å². The van der Waals surface area contributed by atoms with Crippen molar-refractivity contribution in [2.45, 2.75) is 61.9 Å². The highest BCUT2D eigenvalue weighted by Gasteiger charge is 2.47. The van der Waals surface area contributed by atoms with E-state index in [0.717, 1.165) is 24.0 Å². The van der Waals surface area contributed by atoms with Gasteiger partial charge in [-0.3, -0.25) is 9.59 Å². The lowest BCUT2D eigenvalue weighted by Crippen LogP contribution is -2.48. The molecule has 0 radical (unpaired) electrons. The monoisotopic (exact) mass is 429 g/mol. The third kappa shape index (κ3) is 4.08. The quantitative estimate of drug-likeness (QED) is 0.787. The topological polar surface area (TPSA) is 107 Å². The molecule has 2 amide bonds. The Labute approximate surface area is 177 Å². The number of nitriles is 1. The second kappa shape index (κ2) is 7.69. The van der Waals surface area contributed by atoms with Crippen LogP contribution in [0.2, 0.25) is 0 Å². The van der Waals surface area contributed by atoms with E-state index in [-0.39, 0.29) is 23.7 Å². The van der Waals surface area contributed by atoms with E-state index in [4.69, 9.17) is 0 Å². The van der Waals surface area contributed by atoms with Crippen LogP contribution in [-0.2, 0) is 32.4 Å². The van der Waals surface area contributed by atoms with Gasteiger partial charge in [-0.1, -0.05) is 18.9 Å². The van der Waals surface area contributed by atoms with E-state index in [0.29, 0.717) is 50.1 Å². The average molecular weight is 430 g/mol. The Morgan fingerprint density at radius 3 is 2.50 bits per heavy atom. The van der Waals surface area contributed by atoms with Crippen LogP contribution in [0.15, 0.2) is 23.1 Å². The van der Waals surface area contributed by atoms with Gasteiger partial charge in [0.2, 0.25) is 11.8 Å². The molecule has 2 saturated carbocycles. The molecule has 2 unspecified atom stereocenters. The molecule has 8 heteroatoms. The summed E-state index contributed by atoms with van der Waals surface area (Å²) in [5.74, 6) is -0.909. The van der Waals surface area contributed by atoms with Gasteiger partial charge in [0.25, 0.3) is 0 Å². The maximum absolute atomic E-state index is 13.3. The van der Waals surface area contributed by atoms with E-state index >= 15 is 0 Å². The van der Waals surface area contributed by atoms with Crippen molar-refractivity contribution in [3.8, 4) is 6.07 Å². The molecule has 1 aliphatic heterocycles. The van der Waals surface area contributed by atoms with E-state index < -0.39 is 15.4 Å². The smallest absolute Gasteiger partial charge is 0.226 e. The highest BCUT2D eigenvalue weighted by atomic mass is 32.2. The first-order chi connectivity index (χ1) is 14.2. The maximum atomic E-state index is 13.3. The van der Waals surface area contributed by atoms with E-state index in [1.807, 2.05) is 0 Å². The minimum Gasteiger partial charge on any atom is -0.338 e. The number of fused-ring (bicyclic) bond motifs is 1. The molecule has 2 atom stereocenters. The Bertz CT molecular complexity index is 1020. The van der Waals surface area contributed by atoms with Crippen LogP contribution < -0.4 is 5.32 Å². The van der Waals surface area contributed by atoms with Gasteiger partial charge in [0.05, 0.1) is 11.0 Å². The highest BCUT2D eigenvalue weighted by molar-refractivity contribution is 7.90. The number of nitrogens with zero attached hydrogens (tertiary/aromatic N) is 2. The largest absolute Gasteiger partial charge is 0.338 e. The molecular formula is C22H27N3O4S. The Kier molecular flexibility index (Phi) is 5.35. The first-order valence-corrected chi connectivity index (χ1v) is 12.5. The van der Waals surface area contributed by atoms with Gasteiger partial charge in [-0.15, -0.1) is 0 Å². The number of hydrogen-bond acceptors (Lipinski definition) is 5. The Morgan fingerprint density at radius 2 is 1.87 bits per heavy atom. The molecule has 2 aliphatic carbocycles. The first kappa shape index (κ1) is 20.9. The predicted octanol–water partition coefficient (Wildman–Crippen LogP) is 1.95. The fourth-order valence-electron chi connectivity index (χ4n) is 4.64. The minimum atomic E-state index is -3.26. The number of sulfone groups is 1. The molecule has 0 aromatic heterocycles. The SMILES string of the molecule is CS(=O)(=O)c1ccc2c(c1)CCN(C(=O)C1CCCCC1C(=O)NC1(C#N)CC1)C2. The minimum absolute atomic E-state index is 0.00510. The van der Waals surface area contributed by atoms with Crippen molar-refractivity contribution in [2.24, 2.45) is 11.8 Å². The van der Waals surface area contributed by atoms with Gasteiger partial charge in [-0.25, -0.2) is 8.42 Å². The number of hydrogen-bond donors (Lipinski definition) is 1. The van der Waals surface area contributed by atoms with Gasteiger partial charge in [0.15, 0.2) is 9.84 Å². The van der Waals surface area contributed by atoms with E-state index in [1.165, 1.54) is 6.26 Å². The number of nitrogens with one attached hydrogen (secondary N) is 1. The van der Waals surface area contributed by atoms with Crippen LogP contribution >= 0.6 is 0 Å². The highest BCUT2D eigenvalue weighted by Crippen LogP contribution is 2.38. The Hall–Kier alpha value is -2.40. The fourth-order valence-corrected chi connectivity index (χ4v) is 5.31. The molecule has 2 fully saturated rings. The number of amides is 2. The summed E-state index contributed by atoms with van der Waals surface area (Å²) in [5, 5.41) is 12.2. The summed E-state index contributed by atoms with van der Waals surface area (Å²) in [5.41, 5.74) is 1.20. The predicted molar refractivity (Wildman–Crippen MR) is 110 cm³/mol. The first-order valence-electron chi connectivity index (χ1n) is 10.6. The van der Waals surface area contributed by atoms with Crippen molar-refractivity contribution in [1.82, 2.24) is 10.2 Å². The lowest BCUT2D eigenvalue weighted by molar-refractivity contribution is -0.144. The molecular weight excluding hydrogens is 402 g/mol. The van der Waals surface area contributed by atoms with Crippen LogP contribution in [0.4, 0.5) is 0 Å². The van der Waals surface area contributed by atoms with Crippen LogP contribution in [0.1, 0.15) is 49.7 Å².